The van der Waals surface area contributed by atoms with Gasteiger partial charge in [-0.3, -0.25) is 14.7 Å². The fourth-order valence-electron chi connectivity index (χ4n) is 3.59. The molecule has 1 amide bonds. The van der Waals surface area contributed by atoms with Crippen LogP contribution in [0.3, 0.4) is 0 Å². The average molecular weight is 301 g/mol. The molecule has 0 spiro atoms. The van der Waals surface area contributed by atoms with Gasteiger partial charge in [0.2, 0.25) is 5.91 Å². The Hall–Kier alpha value is -1.46. The molecule has 2 aliphatic heterocycles. The molecule has 3 atom stereocenters. The summed E-state index contributed by atoms with van der Waals surface area (Å²) < 4.78 is 6.00. The molecule has 22 heavy (non-hydrogen) atoms. The molecule has 3 unspecified atom stereocenters. The summed E-state index contributed by atoms with van der Waals surface area (Å²) in [6.45, 7) is 3.50. The summed E-state index contributed by atoms with van der Waals surface area (Å²) in [5.41, 5.74) is 1.22. The Morgan fingerprint density at radius 1 is 1.41 bits per heavy atom. The Balaban J connectivity index is 1.34. The summed E-state index contributed by atoms with van der Waals surface area (Å²) in [5.74, 6) is 0.956. The third-order valence-electron chi connectivity index (χ3n) is 4.96. The zero-order valence-corrected chi connectivity index (χ0v) is 12.8. The van der Waals surface area contributed by atoms with E-state index in [1.165, 1.54) is 18.4 Å². The normalized spacial score (nSPS) is 31.2. The first-order valence-corrected chi connectivity index (χ1v) is 8.32. The van der Waals surface area contributed by atoms with E-state index in [9.17, 15) is 4.79 Å². The predicted molar refractivity (Wildman–Crippen MR) is 82.0 cm³/mol. The lowest BCUT2D eigenvalue weighted by Gasteiger charge is -2.32. The standard InChI is InChI=1S/C17H23N3O2/c21-17(19-8-12-3-4-12)15-6-14-10-20(11-16(15)22-14)9-13-2-1-5-18-7-13/h1-2,5,7,12,14-16H,3-4,6,8-11H2,(H,19,21). The maximum atomic E-state index is 12.4. The first-order valence-electron chi connectivity index (χ1n) is 8.32. The molecule has 1 N–H and O–H groups in total. The van der Waals surface area contributed by atoms with Crippen LogP contribution in [-0.2, 0) is 16.1 Å². The number of amides is 1. The van der Waals surface area contributed by atoms with Crippen molar-refractivity contribution in [3.05, 3.63) is 30.1 Å². The topological polar surface area (TPSA) is 54.5 Å². The highest BCUT2D eigenvalue weighted by Crippen LogP contribution is 2.33. The minimum absolute atomic E-state index is 0.0302. The third-order valence-corrected chi connectivity index (χ3v) is 4.96. The van der Waals surface area contributed by atoms with Crippen molar-refractivity contribution < 1.29 is 9.53 Å². The van der Waals surface area contributed by atoms with E-state index < -0.39 is 0 Å². The Kier molecular flexibility index (Phi) is 3.84. The molecule has 3 heterocycles. The summed E-state index contributed by atoms with van der Waals surface area (Å²) in [6, 6.07) is 4.07. The molecule has 2 bridgehead atoms. The van der Waals surface area contributed by atoms with E-state index in [-0.39, 0.29) is 24.0 Å². The first kappa shape index (κ1) is 14.2. The quantitative estimate of drug-likeness (QED) is 0.888. The van der Waals surface area contributed by atoms with Gasteiger partial charge in [0, 0.05) is 38.6 Å². The molecule has 5 heteroatoms. The SMILES string of the molecule is O=C(NCC1CC1)C1CC2CN(Cc3cccnc3)CC1O2. The van der Waals surface area contributed by atoms with Crippen molar-refractivity contribution in [1.29, 1.82) is 0 Å². The molecule has 4 rings (SSSR count). The van der Waals surface area contributed by atoms with E-state index in [1.807, 2.05) is 12.3 Å². The molecular weight excluding hydrogens is 278 g/mol. The molecule has 0 radical (unpaired) electrons. The highest BCUT2D eigenvalue weighted by atomic mass is 16.5. The summed E-state index contributed by atoms with van der Waals surface area (Å²) in [7, 11) is 0. The Labute approximate surface area is 131 Å². The lowest BCUT2D eigenvalue weighted by atomic mass is 9.99. The van der Waals surface area contributed by atoms with Crippen LogP contribution in [0.5, 0.6) is 0 Å². The number of carbonyl (C=O) groups is 1. The fourth-order valence-corrected chi connectivity index (χ4v) is 3.59. The van der Waals surface area contributed by atoms with Crippen molar-refractivity contribution in [2.24, 2.45) is 11.8 Å². The Bertz CT molecular complexity index is 532. The summed E-state index contributed by atoms with van der Waals surface area (Å²) in [4.78, 5) is 18.9. The monoisotopic (exact) mass is 301 g/mol. The number of pyridine rings is 1. The van der Waals surface area contributed by atoms with E-state index >= 15 is 0 Å². The number of aromatic nitrogens is 1. The van der Waals surface area contributed by atoms with Crippen LogP contribution in [0.25, 0.3) is 0 Å². The highest BCUT2D eigenvalue weighted by molar-refractivity contribution is 5.79. The Morgan fingerprint density at radius 2 is 2.32 bits per heavy atom. The van der Waals surface area contributed by atoms with Gasteiger partial charge in [0.05, 0.1) is 18.1 Å². The number of ether oxygens (including phenoxy) is 1. The maximum absolute atomic E-state index is 12.4. The van der Waals surface area contributed by atoms with Gasteiger partial charge in [-0.15, -0.1) is 0 Å². The molecule has 3 aliphatic rings. The second kappa shape index (κ2) is 5.97. The highest BCUT2D eigenvalue weighted by Gasteiger charge is 2.44. The number of hydrogen-bond acceptors (Lipinski definition) is 4. The number of rotatable bonds is 5. The van der Waals surface area contributed by atoms with Gasteiger partial charge >= 0.3 is 0 Å². The molecule has 3 fully saturated rings. The largest absolute Gasteiger partial charge is 0.371 e. The van der Waals surface area contributed by atoms with E-state index in [4.69, 9.17) is 4.74 Å². The van der Waals surface area contributed by atoms with Gasteiger partial charge in [-0.25, -0.2) is 0 Å². The van der Waals surface area contributed by atoms with Crippen molar-refractivity contribution in [3.8, 4) is 0 Å². The number of hydrogen-bond donors (Lipinski definition) is 1. The van der Waals surface area contributed by atoms with Crippen LogP contribution in [-0.4, -0.2) is 47.6 Å². The van der Waals surface area contributed by atoms with Gasteiger partial charge in [-0.05, 0) is 36.8 Å². The molecule has 0 aromatic carbocycles. The second-order valence-electron chi connectivity index (χ2n) is 6.88. The zero-order chi connectivity index (χ0) is 14.9. The average Bonchev–Trinajstić information content (AvgIpc) is 3.30. The fraction of sp³-hybridized carbons (Fsp3) is 0.647. The van der Waals surface area contributed by atoms with Crippen LogP contribution in [0.15, 0.2) is 24.5 Å². The number of fused-ring (bicyclic) bond motifs is 2. The Morgan fingerprint density at radius 3 is 3.09 bits per heavy atom. The number of carbonyl (C=O) groups excluding carboxylic acids is 1. The van der Waals surface area contributed by atoms with Gasteiger partial charge in [-0.2, -0.15) is 0 Å². The van der Waals surface area contributed by atoms with Crippen molar-refractivity contribution in [3.63, 3.8) is 0 Å². The molecule has 5 nitrogen and oxygen atoms in total. The predicted octanol–water partition coefficient (Wildman–Crippen LogP) is 1.20. The van der Waals surface area contributed by atoms with E-state index in [1.54, 1.807) is 6.20 Å². The maximum Gasteiger partial charge on any atom is 0.225 e. The number of nitrogens with zero attached hydrogens (tertiary/aromatic N) is 2. The van der Waals surface area contributed by atoms with Crippen LogP contribution >= 0.6 is 0 Å². The zero-order valence-electron chi connectivity index (χ0n) is 12.8. The minimum Gasteiger partial charge on any atom is -0.371 e. The van der Waals surface area contributed by atoms with Crippen molar-refractivity contribution in [2.45, 2.75) is 38.0 Å². The van der Waals surface area contributed by atoms with E-state index in [0.29, 0.717) is 0 Å². The number of morpholine rings is 1. The van der Waals surface area contributed by atoms with Gasteiger partial charge in [0.15, 0.2) is 0 Å². The van der Waals surface area contributed by atoms with Crippen molar-refractivity contribution >= 4 is 5.91 Å². The van der Waals surface area contributed by atoms with Crippen LogP contribution in [0.1, 0.15) is 24.8 Å². The van der Waals surface area contributed by atoms with Crippen molar-refractivity contribution in [1.82, 2.24) is 15.2 Å². The summed E-state index contributed by atoms with van der Waals surface area (Å²) >= 11 is 0. The smallest absolute Gasteiger partial charge is 0.225 e. The summed E-state index contributed by atoms with van der Waals surface area (Å²) in [6.07, 6.45) is 7.37. The van der Waals surface area contributed by atoms with Crippen molar-refractivity contribution in [2.75, 3.05) is 19.6 Å². The minimum atomic E-state index is 0.0302. The molecular formula is C17H23N3O2. The molecule has 1 aromatic rings. The van der Waals surface area contributed by atoms with Crippen LogP contribution < -0.4 is 5.32 Å². The molecule has 1 aromatic heterocycles. The van der Waals surface area contributed by atoms with Gasteiger partial charge < -0.3 is 10.1 Å². The van der Waals surface area contributed by atoms with Crippen LogP contribution in [0, 0.1) is 11.8 Å². The van der Waals surface area contributed by atoms with Crippen LogP contribution in [0.2, 0.25) is 0 Å². The first-order chi connectivity index (χ1) is 10.8. The lowest BCUT2D eigenvalue weighted by molar-refractivity contribution is -0.128. The summed E-state index contributed by atoms with van der Waals surface area (Å²) in [5, 5.41) is 3.12. The third kappa shape index (κ3) is 3.15. The lowest BCUT2D eigenvalue weighted by Crippen LogP contribution is -2.45. The molecule has 2 saturated heterocycles. The number of nitrogens with one attached hydrogen (secondary N) is 1. The molecule has 1 saturated carbocycles. The van der Waals surface area contributed by atoms with Crippen LogP contribution in [0.4, 0.5) is 0 Å². The van der Waals surface area contributed by atoms with Gasteiger partial charge in [0.25, 0.3) is 0 Å². The van der Waals surface area contributed by atoms with E-state index in [2.05, 4.69) is 21.3 Å². The van der Waals surface area contributed by atoms with Gasteiger partial charge in [0.1, 0.15) is 0 Å². The molecule has 1 aliphatic carbocycles. The van der Waals surface area contributed by atoms with Gasteiger partial charge in [-0.1, -0.05) is 6.07 Å². The molecule has 118 valence electrons. The second-order valence-corrected chi connectivity index (χ2v) is 6.88. The van der Waals surface area contributed by atoms with E-state index in [0.717, 1.165) is 38.5 Å². The number of likely N-dealkylation sites (tertiary alicyclic amines) is 1.